The summed E-state index contributed by atoms with van der Waals surface area (Å²) >= 11 is 1.15. The van der Waals surface area contributed by atoms with E-state index >= 15 is 0 Å². The normalized spacial score (nSPS) is 12.1. The third kappa shape index (κ3) is 4.38. The van der Waals surface area contributed by atoms with Crippen LogP contribution in [0.25, 0.3) is 10.6 Å². The van der Waals surface area contributed by atoms with Crippen LogP contribution in [0, 0.1) is 12.7 Å². The minimum absolute atomic E-state index is 0.0335. The molecule has 0 spiro atoms. The Balaban J connectivity index is 2.13. The van der Waals surface area contributed by atoms with E-state index in [4.69, 9.17) is 4.74 Å². The Morgan fingerprint density at radius 1 is 1.21 bits per heavy atom. The number of hydrogen-bond donors (Lipinski definition) is 1. The van der Waals surface area contributed by atoms with E-state index in [1.54, 1.807) is 19.1 Å². The quantitative estimate of drug-likeness (QED) is 0.840. The van der Waals surface area contributed by atoms with E-state index in [1.165, 1.54) is 19.1 Å². The molecule has 1 aromatic carbocycles. The molecule has 1 atom stereocenters. The highest BCUT2D eigenvalue weighted by Gasteiger charge is 2.23. The lowest BCUT2D eigenvalue weighted by Crippen LogP contribution is -2.39. The molecule has 0 unspecified atom stereocenters. The monoisotopic (exact) mass is 350 g/mol. The molecule has 128 valence electrons. The fourth-order valence-electron chi connectivity index (χ4n) is 1.97. The number of aromatic nitrogens is 1. The van der Waals surface area contributed by atoms with Gasteiger partial charge in [-0.05, 0) is 52.0 Å². The largest absolute Gasteiger partial charge is 0.448 e. The maximum atomic E-state index is 13.0. The number of nitrogens with one attached hydrogen (secondary N) is 1. The molecule has 0 bridgehead atoms. The van der Waals surface area contributed by atoms with Crippen molar-refractivity contribution in [2.45, 2.75) is 39.8 Å². The Bertz CT molecular complexity index is 741. The van der Waals surface area contributed by atoms with E-state index in [2.05, 4.69) is 10.3 Å². The lowest BCUT2D eigenvalue weighted by atomic mass is 10.2. The van der Waals surface area contributed by atoms with Crippen molar-refractivity contribution in [3.05, 3.63) is 40.7 Å². The summed E-state index contributed by atoms with van der Waals surface area (Å²) in [6, 6.07) is 5.84. The molecule has 2 aromatic rings. The molecule has 0 radical (unpaired) electrons. The molecule has 2 rings (SSSR count). The van der Waals surface area contributed by atoms with Crippen LogP contribution in [0.15, 0.2) is 24.3 Å². The van der Waals surface area contributed by atoms with Gasteiger partial charge in [0.1, 0.15) is 15.7 Å². The number of ether oxygens (including phenoxy) is 1. The number of hydrogen-bond acceptors (Lipinski definition) is 5. The molecule has 0 saturated carbocycles. The predicted octanol–water partition coefficient (Wildman–Crippen LogP) is 3.33. The third-order valence-corrected chi connectivity index (χ3v) is 4.34. The van der Waals surface area contributed by atoms with Gasteiger partial charge in [-0.25, -0.2) is 14.2 Å². The van der Waals surface area contributed by atoms with Crippen molar-refractivity contribution in [3.63, 3.8) is 0 Å². The van der Waals surface area contributed by atoms with E-state index in [-0.39, 0.29) is 17.8 Å². The first-order valence-corrected chi connectivity index (χ1v) is 8.34. The van der Waals surface area contributed by atoms with Gasteiger partial charge in [-0.1, -0.05) is 0 Å². The van der Waals surface area contributed by atoms with Gasteiger partial charge in [-0.2, -0.15) is 0 Å². The van der Waals surface area contributed by atoms with Crippen LogP contribution in [0.3, 0.4) is 0 Å². The highest BCUT2D eigenvalue weighted by molar-refractivity contribution is 7.17. The summed E-state index contributed by atoms with van der Waals surface area (Å²) in [5.41, 5.74) is 1.23. The van der Waals surface area contributed by atoms with Crippen molar-refractivity contribution < 1.29 is 18.7 Å². The zero-order valence-electron chi connectivity index (χ0n) is 13.9. The molecule has 1 heterocycles. The van der Waals surface area contributed by atoms with Crippen molar-refractivity contribution in [1.29, 1.82) is 0 Å². The molecule has 0 aliphatic carbocycles. The van der Waals surface area contributed by atoms with Crippen LogP contribution in [-0.2, 0) is 9.53 Å². The minimum atomic E-state index is -0.893. The Morgan fingerprint density at radius 3 is 2.42 bits per heavy atom. The standard InChI is InChI=1S/C17H19FN2O3S/c1-9(2)19-15(21)11(4)23-17(22)14-10(3)20-16(24-14)12-5-7-13(18)8-6-12/h5-9,11H,1-4H3,(H,19,21)/t11-/m1/s1. The van der Waals surface area contributed by atoms with E-state index in [1.807, 2.05) is 13.8 Å². The predicted molar refractivity (Wildman–Crippen MR) is 90.4 cm³/mol. The lowest BCUT2D eigenvalue weighted by Gasteiger charge is -2.14. The van der Waals surface area contributed by atoms with Gasteiger partial charge in [0.15, 0.2) is 6.10 Å². The highest BCUT2D eigenvalue weighted by atomic mass is 32.1. The Hall–Kier alpha value is -2.28. The second kappa shape index (κ2) is 7.53. The molecule has 1 aromatic heterocycles. The minimum Gasteiger partial charge on any atom is -0.448 e. The number of benzene rings is 1. The summed E-state index contributed by atoms with van der Waals surface area (Å²) in [4.78, 5) is 28.8. The number of carbonyl (C=O) groups is 2. The van der Waals surface area contributed by atoms with Crippen LogP contribution in [-0.4, -0.2) is 29.0 Å². The van der Waals surface area contributed by atoms with Crippen LogP contribution >= 0.6 is 11.3 Å². The van der Waals surface area contributed by atoms with E-state index < -0.39 is 12.1 Å². The molecule has 1 amide bonds. The fourth-order valence-corrected chi connectivity index (χ4v) is 2.93. The highest BCUT2D eigenvalue weighted by Crippen LogP contribution is 2.28. The van der Waals surface area contributed by atoms with E-state index in [0.717, 1.165) is 11.3 Å². The second-order valence-corrected chi connectivity index (χ2v) is 6.65. The Labute approximate surface area is 143 Å². The summed E-state index contributed by atoms with van der Waals surface area (Å²) in [6.07, 6.45) is -0.893. The molecule has 0 saturated heterocycles. The topological polar surface area (TPSA) is 68.3 Å². The maximum Gasteiger partial charge on any atom is 0.351 e. The van der Waals surface area contributed by atoms with Crippen LogP contribution < -0.4 is 5.32 Å². The van der Waals surface area contributed by atoms with Gasteiger partial charge >= 0.3 is 5.97 Å². The lowest BCUT2D eigenvalue weighted by molar-refractivity contribution is -0.129. The molecule has 5 nitrogen and oxygen atoms in total. The van der Waals surface area contributed by atoms with Gasteiger partial charge < -0.3 is 10.1 Å². The van der Waals surface area contributed by atoms with Gasteiger partial charge in [0.2, 0.25) is 0 Å². The summed E-state index contributed by atoms with van der Waals surface area (Å²) in [5, 5.41) is 3.28. The first-order chi connectivity index (χ1) is 11.3. The van der Waals surface area contributed by atoms with Crippen molar-refractivity contribution in [3.8, 4) is 10.6 Å². The van der Waals surface area contributed by atoms with Crippen molar-refractivity contribution in [2.75, 3.05) is 0 Å². The molecule has 1 N–H and O–H groups in total. The summed E-state index contributed by atoms with van der Waals surface area (Å²) in [6.45, 7) is 6.87. The van der Waals surface area contributed by atoms with Crippen LogP contribution in [0.1, 0.15) is 36.1 Å². The number of aryl methyl sites for hydroxylation is 1. The number of carbonyl (C=O) groups excluding carboxylic acids is 2. The number of amides is 1. The number of halogens is 1. The number of thiazole rings is 1. The first kappa shape index (κ1) is 18.1. The van der Waals surface area contributed by atoms with E-state index in [0.29, 0.717) is 21.1 Å². The second-order valence-electron chi connectivity index (χ2n) is 5.65. The SMILES string of the molecule is Cc1nc(-c2ccc(F)cc2)sc1C(=O)O[C@H](C)C(=O)NC(C)C. The van der Waals surface area contributed by atoms with Crippen molar-refractivity contribution >= 4 is 23.2 Å². The number of esters is 1. The van der Waals surface area contributed by atoms with Crippen molar-refractivity contribution in [2.24, 2.45) is 0 Å². The summed E-state index contributed by atoms with van der Waals surface area (Å²) in [5.74, 6) is -1.28. The molecule has 0 aliphatic rings. The molecule has 0 fully saturated rings. The molecule has 24 heavy (non-hydrogen) atoms. The number of nitrogens with zero attached hydrogens (tertiary/aromatic N) is 1. The average Bonchev–Trinajstić information content (AvgIpc) is 2.89. The van der Waals surface area contributed by atoms with Gasteiger partial charge in [-0.15, -0.1) is 11.3 Å². The fraction of sp³-hybridized carbons (Fsp3) is 0.353. The molecular weight excluding hydrogens is 331 g/mol. The van der Waals surface area contributed by atoms with E-state index in [9.17, 15) is 14.0 Å². The van der Waals surface area contributed by atoms with Crippen LogP contribution in [0.2, 0.25) is 0 Å². The van der Waals surface area contributed by atoms with Crippen LogP contribution in [0.4, 0.5) is 4.39 Å². The number of rotatable bonds is 5. The van der Waals surface area contributed by atoms with Gasteiger partial charge in [0.05, 0.1) is 5.69 Å². The van der Waals surface area contributed by atoms with Crippen molar-refractivity contribution in [1.82, 2.24) is 10.3 Å². The molecule has 0 aliphatic heterocycles. The molecule has 7 heteroatoms. The summed E-state index contributed by atoms with van der Waals surface area (Å²) in [7, 11) is 0. The van der Waals surface area contributed by atoms with Crippen LogP contribution in [0.5, 0.6) is 0 Å². The van der Waals surface area contributed by atoms with Gasteiger partial charge in [-0.3, -0.25) is 4.79 Å². The molecular formula is C17H19FN2O3S. The van der Waals surface area contributed by atoms with Gasteiger partial charge in [0.25, 0.3) is 5.91 Å². The third-order valence-electron chi connectivity index (χ3n) is 3.16. The average molecular weight is 350 g/mol. The summed E-state index contributed by atoms with van der Waals surface area (Å²) < 4.78 is 18.2. The first-order valence-electron chi connectivity index (χ1n) is 7.52. The Morgan fingerprint density at radius 2 is 1.83 bits per heavy atom. The smallest absolute Gasteiger partial charge is 0.351 e. The Kier molecular flexibility index (Phi) is 5.66. The zero-order chi connectivity index (χ0) is 17.9. The van der Waals surface area contributed by atoms with Gasteiger partial charge in [0, 0.05) is 11.6 Å². The maximum absolute atomic E-state index is 13.0. The zero-order valence-corrected chi connectivity index (χ0v) is 14.7.